The molecule has 1 unspecified atom stereocenters. The van der Waals surface area contributed by atoms with Gasteiger partial charge in [0, 0.05) is 5.56 Å². The number of hydrogen-bond acceptors (Lipinski definition) is 2. The van der Waals surface area contributed by atoms with Crippen LogP contribution in [0.2, 0.25) is 0 Å². The molecular formula is C12H12O2. The van der Waals surface area contributed by atoms with Crippen molar-refractivity contribution in [2.75, 3.05) is 6.61 Å². The van der Waals surface area contributed by atoms with E-state index >= 15 is 0 Å². The lowest BCUT2D eigenvalue weighted by molar-refractivity contribution is 0.180. The van der Waals surface area contributed by atoms with E-state index < -0.39 is 0 Å². The molecule has 72 valence electrons. The lowest BCUT2D eigenvalue weighted by atomic mass is 10.1. The Hall–Kier alpha value is -1.46. The third-order valence-electron chi connectivity index (χ3n) is 2.51. The van der Waals surface area contributed by atoms with Gasteiger partial charge < -0.3 is 9.84 Å². The molecule has 1 aromatic carbocycles. The van der Waals surface area contributed by atoms with Gasteiger partial charge in [0.25, 0.3) is 0 Å². The van der Waals surface area contributed by atoms with Gasteiger partial charge in [-0.1, -0.05) is 18.1 Å². The van der Waals surface area contributed by atoms with Crippen molar-refractivity contribution < 1.29 is 9.84 Å². The van der Waals surface area contributed by atoms with Crippen LogP contribution in [0.5, 0.6) is 5.75 Å². The summed E-state index contributed by atoms with van der Waals surface area (Å²) >= 11 is 0. The summed E-state index contributed by atoms with van der Waals surface area (Å²) in [7, 11) is 0. The maximum atomic E-state index is 9.64. The van der Waals surface area contributed by atoms with Gasteiger partial charge in [-0.05, 0) is 24.5 Å². The van der Waals surface area contributed by atoms with Gasteiger partial charge >= 0.3 is 0 Å². The van der Waals surface area contributed by atoms with Crippen LogP contribution in [0.1, 0.15) is 23.7 Å². The van der Waals surface area contributed by atoms with Crippen LogP contribution in [0.25, 0.3) is 0 Å². The van der Waals surface area contributed by atoms with Crippen LogP contribution in [-0.4, -0.2) is 11.7 Å². The standard InChI is InChI=1S/C12H12O2/c1-2-8-14-12-5-3-4-9-10(12)6-7-11(9)13/h1,3-5,11,13H,6-8H2. The minimum absolute atomic E-state index is 0.284. The molecule has 0 saturated heterocycles. The van der Waals surface area contributed by atoms with Crippen molar-refractivity contribution in [3.05, 3.63) is 29.3 Å². The number of rotatable bonds is 2. The number of aliphatic hydroxyl groups is 1. The van der Waals surface area contributed by atoms with Gasteiger partial charge in [-0.3, -0.25) is 0 Å². The second-order valence-electron chi connectivity index (χ2n) is 3.37. The third-order valence-corrected chi connectivity index (χ3v) is 2.51. The number of ether oxygens (including phenoxy) is 1. The zero-order valence-electron chi connectivity index (χ0n) is 7.86. The van der Waals surface area contributed by atoms with Crippen LogP contribution in [0, 0.1) is 12.3 Å². The molecule has 2 nitrogen and oxygen atoms in total. The highest BCUT2D eigenvalue weighted by atomic mass is 16.5. The highest BCUT2D eigenvalue weighted by molar-refractivity contribution is 5.44. The normalized spacial score (nSPS) is 18.7. The summed E-state index contributed by atoms with van der Waals surface area (Å²) in [5.74, 6) is 3.25. The Kier molecular flexibility index (Phi) is 2.43. The summed E-state index contributed by atoms with van der Waals surface area (Å²) in [6, 6.07) is 5.73. The van der Waals surface area contributed by atoms with Crippen LogP contribution in [0.4, 0.5) is 0 Å². The van der Waals surface area contributed by atoms with Crippen molar-refractivity contribution in [1.29, 1.82) is 0 Å². The van der Waals surface area contributed by atoms with Crippen molar-refractivity contribution in [2.45, 2.75) is 18.9 Å². The third kappa shape index (κ3) is 1.47. The molecule has 2 rings (SSSR count). The first kappa shape index (κ1) is 9.11. The lowest BCUT2D eigenvalue weighted by Gasteiger charge is -2.08. The summed E-state index contributed by atoms with van der Waals surface area (Å²) in [5, 5.41) is 9.64. The van der Waals surface area contributed by atoms with E-state index in [1.54, 1.807) is 0 Å². The molecule has 0 saturated carbocycles. The Bertz CT molecular complexity index is 376. The summed E-state index contributed by atoms with van der Waals surface area (Å²) in [6.07, 6.45) is 6.45. The van der Waals surface area contributed by atoms with Crippen molar-refractivity contribution in [2.24, 2.45) is 0 Å². The van der Waals surface area contributed by atoms with Crippen LogP contribution in [-0.2, 0) is 6.42 Å². The minimum atomic E-state index is -0.334. The first-order chi connectivity index (χ1) is 6.83. The molecule has 1 aliphatic carbocycles. The van der Waals surface area contributed by atoms with E-state index in [1.165, 1.54) is 0 Å². The van der Waals surface area contributed by atoms with Crippen LogP contribution in [0.3, 0.4) is 0 Å². The summed E-state index contributed by atoms with van der Waals surface area (Å²) in [6.45, 7) is 0.284. The van der Waals surface area contributed by atoms with E-state index in [0.717, 1.165) is 29.7 Å². The monoisotopic (exact) mass is 188 g/mol. The number of aliphatic hydroxyl groups excluding tert-OH is 1. The quantitative estimate of drug-likeness (QED) is 0.715. The summed E-state index contributed by atoms with van der Waals surface area (Å²) < 4.78 is 5.40. The smallest absolute Gasteiger partial charge is 0.148 e. The molecule has 0 heterocycles. The van der Waals surface area contributed by atoms with Crippen molar-refractivity contribution in [1.82, 2.24) is 0 Å². The first-order valence-corrected chi connectivity index (χ1v) is 4.69. The molecule has 1 aliphatic rings. The second-order valence-corrected chi connectivity index (χ2v) is 3.37. The van der Waals surface area contributed by atoms with Crippen molar-refractivity contribution >= 4 is 0 Å². The first-order valence-electron chi connectivity index (χ1n) is 4.69. The van der Waals surface area contributed by atoms with E-state index in [4.69, 9.17) is 11.2 Å². The van der Waals surface area contributed by atoms with Crippen molar-refractivity contribution in [3.63, 3.8) is 0 Å². The van der Waals surface area contributed by atoms with Gasteiger partial charge in [0.1, 0.15) is 12.4 Å². The fourth-order valence-electron chi connectivity index (χ4n) is 1.85. The predicted molar refractivity (Wildman–Crippen MR) is 54.1 cm³/mol. The Morgan fingerprint density at radius 1 is 1.57 bits per heavy atom. The van der Waals surface area contributed by atoms with Crippen molar-refractivity contribution in [3.8, 4) is 18.1 Å². The van der Waals surface area contributed by atoms with Gasteiger partial charge in [0.15, 0.2) is 0 Å². The topological polar surface area (TPSA) is 29.5 Å². The molecule has 0 bridgehead atoms. The zero-order chi connectivity index (χ0) is 9.97. The Morgan fingerprint density at radius 3 is 3.21 bits per heavy atom. The van der Waals surface area contributed by atoms with Gasteiger partial charge in [-0.15, -0.1) is 6.42 Å². The largest absolute Gasteiger partial charge is 0.481 e. The van der Waals surface area contributed by atoms with Gasteiger partial charge in [-0.25, -0.2) is 0 Å². The number of benzene rings is 1. The molecule has 0 aromatic heterocycles. The molecule has 1 aromatic rings. The number of fused-ring (bicyclic) bond motifs is 1. The molecular weight excluding hydrogens is 176 g/mol. The highest BCUT2D eigenvalue weighted by Crippen LogP contribution is 2.36. The Morgan fingerprint density at radius 2 is 2.43 bits per heavy atom. The molecule has 14 heavy (non-hydrogen) atoms. The van der Waals surface area contributed by atoms with Gasteiger partial charge in [-0.2, -0.15) is 0 Å². The van der Waals surface area contributed by atoms with E-state index in [2.05, 4.69) is 5.92 Å². The van der Waals surface area contributed by atoms with Crippen LogP contribution < -0.4 is 4.74 Å². The average molecular weight is 188 g/mol. The zero-order valence-corrected chi connectivity index (χ0v) is 7.86. The Balaban J connectivity index is 2.30. The molecule has 0 radical (unpaired) electrons. The SMILES string of the molecule is C#CCOc1cccc2c1CCC2O. The lowest BCUT2D eigenvalue weighted by Crippen LogP contribution is -1.97. The number of terminal acetylenes is 1. The van der Waals surface area contributed by atoms with Crippen LogP contribution >= 0.6 is 0 Å². The van der Waals surface area contributed by atoms with E-state index in [-0.39, 0.29) is 12.7 Å². The molecule has 2 heteroatoms. The molecule has 1 atom stereocenters. The fraction of sp³-hybridized carbons (Fsp3) is 0.333. The second kappa shape index (κ2) is 3.73. The van der Waals surface area contributed by atoms with E-state index in [9.17, 15) is 5.11 Å². The molecule has 0 spiro atoms. The fourth-order valence-corrected chi connectivity index (χ4v) is 1.85. The van der Waals surface area contributed by atoms with Gasteiger partial charge in [0.05, 0.1) is 6.10 Å². The van der Waals surface area contributed by atoms with Gasteiger partial charge in [0.2, 0.25) is 0 Å². The molecule has 0 fully saturated rings. The predicted octanol–water partition coefficient (Wildman–Crippen LogP) is 1.68. The molecule has 0 amide bonds. The average Bonchev–Trinajstić information content (AvgIpc) is 2.58. The van der Waals surface area contributed by atoms with E-state index in [1.807, 2.05) is 18.2 Å². The minimum Gasteiger partial charge on any atom is -0.481 e. The number of hydrogen-bond donors (Lipinski definition) is 1. The maximum absolute atomic E-state index is 9.64. The summed E-state index contributed by atoms with van der Waals surface area (Å²) in [5.41, 5.74) is 2.09. The highest BCUT2D eigenvalue weighted by Gasteiger charge is 2.22. The molecule has 1 N–H and O–H groups in total. The molecule has 0 aliphatic heterocycles. The Labute approximate surface area is 83.5 Å². The maximum Gasteiger partial charge on any atom is 0.148 e. The van der Waals surface area contributed by atoms with E-state index in [0.29, 0.717) is 0 Å². The summed E-state index contributed by atoms with van der Waals surface area (Å²) in [4.78, 5) is 0. The van der Waals surface area contributed by atoms with Crippen LogP contribution in [0.15, 0.2) is 18.2 Å².